The van der Waals surface area contributed by atoms with Gasteiger partial charge >= 0.3 is 0 Å². The molecule has 18 heavy (non-hydrogen) atoms. The van der Waals surface area contributed by atoms with Gasteiger partial charge in [0.2, 0.25) is 0 Å². The van der Waals surface area contributed by atoms with Crippen molar-refractivity contribution in [3.63, 3.8) is 0 Å². The molecule has 1 aromatic heterocycles. The number of hydrogen-bond donors (Lipinski definition) is 2. The van der Waals surface area contributed by atoms with Gasteiger partial charge in [-0.05, 0) is 32.0 Å². The van der Waals surface area contributed by atoms with E-state index in [1.165, 1.54) is 12.1 Å². The molecule has 1 heterocycles. The van der Waals surface area contributed by atoms with E-state index in [9.17, 15) is 4.39 Å². The number of aromatic nitrogens is 2. The molecule has 3 N–H and O–H groups in total. The summed E-state index contributed by atoms with van der Waals surface area (Å²) in [6, 6.07) is 4.23. The van der Waals surface area contributed by atoms with Crippen LogP contribution in [0.2, 0.25) is 5.02 Å². The number of benzene rings is 1. The molecule has 1 aromatic carbocycles. The Hall–Kier alpha value is -1.75. The number of nitrogens with one attached hydrogen (secondary N) is 1. The molecule has 2 aromatic rings. The molecule has 4 nitrogen and oxygen atoms in total. The average Bonchev–Trinajstić information content (AvgIpc) is 2.55. The van der Waals surface area contributed by atoms with Gasteiger partial charge in [-0.2, -0.15) is 5.10 Å². The highest BCUT2D eigenvalue weighted by atomic mass is 35.5. The first-order valence-electron chi connectivity index (χ1n) is 5.57. The van der Waals surface area contributed by atoms with Crippen molar-refractivity contribution in [1.29, 1.82) is 0 Å². The highest BCUT2D eigenvalue weighted by Gasteiger charge is 2.12. The summed E-state index contributed by atoms with van der Waals surface area (Å²) in [6.07, 6.45) is 0. The van der Waals surface area contributed by atoms with Crippen LogP contribution in [0.15, 0.2) is 18.2 Å². The highest BCUT2D eigenvalue weighted by molar-refractivity contribution is 6.30. The van der Waals surface area contributed by atoms with Crippen LogP contribution in [0.25, 0.3) is 0 Å². The van der Waals surface area contributed by atoms with Gasteiger partial charge in [0.05, 0.1) is 11.4 Å². The molecule has 0 aliphatic carbocycles. The van der Waals surface area contributed by atoms with Crippen molar-refractivity contribution in [3.8, 4) is 0 Å². The molecule has 6 heteroatoms. The van der Waals surface area contributed by atoms with Crippen molar-refractivity contribution in [1.82, 2.24) is 9.78 Å². The Labute approximate surface area is 110 Å². The predicted octanol–water partition coefficient (Wildman–Crippen LogP) is 3.33. The molecule has 0 amide bonds. The summed E-state index contributed by atoms with van der Waals surface area (Å²) in [5.74, 6) is 0.250. The summed E-state index contributed by atoms with van der Waals surface area (Å²) in [5, 5.41) is 7.65. The molecular weight excluding hydrogens is 255 g/mol. The topological polar surface area (TPSA) is 55.9 Å². The van der Waals surface area contributed by atoms with Gasteiger partial charge in [0.25, 0.3) is 0 Å². The third kappa shape index (κ3) is 2.41. The molecule has 0 aliphatic heterocycles. The fraction of sp³-hybridized carbons (Fsp3) is 0.250. The van der Waals surface area contributed by atoms with Gasteiger partial charge in [0.1, 0.15) is 5.82 Å². The van der Waals surface area contributed by atoms with Crippen LogP contribution >= 0.6 is 11.6 Å². The maximum Gasteiger partial charge on any atom is 0.152 e. The third-order valence-electron chi connectivity index (χ3n) is 2.60. The first-order chi connectivity index (χ1) is 8.51. The molecule has 96 valence electrons. The lowest BCUT2D eigenvalue weighted by Gasteiger charge is -2.09. The first kappa shape index (κ1) is 12.7. The van der Waals surface area contributed by atoms with Crippen molar-refractivity contribution in [2.45, 2.75) is 20.4 Å². The molecule has 0 aliphatic rings. The number of nitrogens with two attached hydrogens (primary N) is 1. The number of anilines is 3. The predicted molar refractivity (Wildman–Crippen MR) is 71.7 cm³/mol. The van der Waals surface area contributed by atoms with E-state index >= 15 is 0 Å². The van der Waals surface area contributed by atoms with Crippen molar-refractivity contribution < 1.29 is 4.39 Å². The van der Waals surface area contributed by atoms with E-state index in [-0.39, 0.29) is 0 Å². The number of nitrogens with zero attached hydrogens (tertiary/aromatic N) is 2. The lowest BCUT2D eigenvalue weighted by molar-refractivity contribution is 0.628. The first-order valence-corrected chi connectivity index (χ1v) is 5.95. The van der Waals surface area contributed by atoms with Crippen LogP contribution in [0, 0.1) is 12.7 Å². The number of hydrogen-bond acceptors (Lipinski definition) is 3. The van der Waals surface area contributed by atoms with E-state index in [4.69, 9.17) is 17.3 Å². The Morgan fingerprint density at radius 1 is 1.44 bits per heavy atom. The van der Waals surface area contributed by atoms with Crippen LogP contribution in [0.1, 0.15) is 12.6 Å². The van der Waals surface area contributed by atoms with E-state index in [1.807, 2.05) is 13.8 Å². The maximum atomic E-state index is 13.2. The molecular formula is C12H14ClFN4. The molecule has 0 bridgehead atoms. The van der Waals surface area contributed by atoms with Gasteiger partial charge in [-0.1, -0.05) is 11.6 Å². The molecule has 0 unspecified atom stereocenters. The lowest BCUT2D eigenvalue weighted by atomic mass is 10.3. The third-order valence-corrected chi connectivity index (χ3v) is 2.82. The van der Waals surface area contributed by atoms with E-state index < -0.39 is 5.82 Å². The molecule has 2 rings (SSSR count). The minimum Gasteiger partial charge on any atom is -0.394 e. The Morgan fingerprint density at radius 3 is 2.78 bits per heavy atom. The van der Waals surface area contributed by atoms with Crippen LogP contribution in [0.4, 0.5) is 21.6 Å². The summed E-state index contributed by atoms with van der Waals surface area (Å²) in [6.45, 7) is 4.45. The van der Waals surface area contributed by atoms with Crippen LogP contribution < -0.4 is 11.1 Å². The van der Waals surface area contributed by atoms with Crippen molar-refractivity contribution in [3.05, 3.63) is 34.7 Å². The van der Waals surface area contributed by atoms with E-state index in [2.05, 4.69) is 10.4 Å². The molecule has 0 spiro atoms. The second-order valence-corrected chi connectivity index (χ2v) is 4.38. The largest absolute Gasteiger partial charge is 0.394 e. The van der Waals surface area contributed by atoms with Gasteiger partial charge in [-0.3, -0.25) is 0 Å². The summed E-state index contributed by atoms with van der Waals surface area (Å²) < 4.78 is 15.0. The molecule has 0 saturated carbocycles. The second-order valence-electron chi connectivity index (χ2n) is 3.95. The van der Waals surface area contributed by atoms with E-state index in [0.717, 1.165) is 5.69 Å². The normalized spacial score (nSPS) is 10.7. The Morgan fingerprint density at radius 2 is 2.17 bits per heavy atom. The highest BCUT2D eigenvalue weighted by Crippen LogP contribution is 2.27. The quantitative estimate of drug-likeness (QED) is 0.898. The van der Waals surface area contributed by atoms with Crippen LogP contribution in [0.5, 0.6) is 0 Å². The molecule has 0 radical (unpaired) electrons. The summed E-state index contributed by atoms with van der Waals surface area (Å²) in [5.41, 5.74) is 7.76. The van der Waals surface area contributed by atoms with E-state index in [0.29, 0.717) is 28.8 Å². The zero-order valence-corrected chi connectivity index (χ0v) is 10.9. The van der Waals surface area contributed by atoms with Gasteiger partial charge in [-0.15, -0.1) is 0 Å². The number of rotatable bonds is 3. The van der Waals surface area contributed by atoms with Crippen LogP contribution in [0.3, 0.4) is 0 Å². The van der Waals surface area contributed by atoms with Crippen LogP contribution in [-0.4, -0.2) is 9.78 Å². The standard InChI is InChI=1S/C12H14ClFN4/c1-3-18-12(11(15)7(2)17-18)16-10-5-8(13)4-9(14)6-10/h4-6,16H,3,15H2,1-2H3. The maximum absolute atomic E-state index is 13.2. The molecule has 0 atom stereocenters. The van der Waals surface area contributed by atoms with E-state index in [1.54, 1.807) is 10.7 Å². The monoisotopic (exact) mass is 268 g/mol. The summed E-state index contributed by atoms with van der Waals surface area (Å²) in [4.78, 5) is 0. The van der Waals surface area contributed by atoms with Crippen LogP contribution in [-0.2, 0) is 6.54 Å². The SMILES string of the molecule is CCn1nc(C)c(N)c1Nc1cc(F)cc(Cl)c1. The number of aryl methyl sites for hydroxylation is 2. The zero-order valence-electron chi connectivity index (χ0n) is 10.2. The fourth-order valence-electron chi connectivity index (χ4n) is 1.72. The Balaban J connectivity index is 2.39. The molecule has 0 fully saturated rings. The summed E-state index contributed by atoms with van der Waals surface area (Å²) >= 11 is 5.80. The smallest absolute Gasteiger partial charge is 0.152 e. The number of halogens is 2. The average molecular weight is 269 g/mol. The van der Waals surface area contributed by atoms with Gasteiger partial charge in [0, 0.05) is 17.3 Å². The Bertz CT molecular complexity index is 559. The summed E-state index contributed by atoms with van der Waals surface area (Å²) in [7, 11) is 0. The van der Waals surface area contributed by atoms with Crippen molar-refractivity contribution >= 4 is 28.8 Å². The lowest BCUT2D eigenvalue weighted by Crippen LogP contribution is -2.04. The number of nitrogen functional groups attached to an aromatic ring is 1. The van der Waals surface area contributed by atoms with Crippen molar-refractivity contribution in [2.75, 3.05) is 11.1 Å². The van der Waals surface area contributed by atoms with Gasteiger partial charge in [0.15, 0.2) is 5.82 Å². The molecule has 0 saturated heterocycles. The second kappa shape index (κ2) is 4.86. The fourth-order valence-corrected chi connectivity index (χ4v) is 1.94. The zero-order chi connectivity index (χ0) is 13.3. The van der Waals surface area contributed by atoms with Crippen molar-refractivity contribution in [2.24, 2.45) is 0 Å². The minimum absolute atomic E-state index is 0.329. The van der Waals surface area contributed by atoms with Gasteiger partial charge < -0.3 is 11.1 Å². The Kier molecular flexibility index (Phi) is 3.43. The van der Waals surface area contributed by atoms with Gasteiger partial charge in [-0.25, -0.2) is 9.07 Å². The minimum atomic E-state index is -0.400.